The number of nitrogens with zero attached hydrogens (tertiary/aromatic N) is 1. The molecule has 1 fully saturated rings. The summed E-state index contributed by atoms with van der Waals surface area (Å²) >= 11 is 0. The van der Waals surface area contributed by atoms with Crippen LogP contribution in [-0.2, 0) is 27.4 Å². The van der Waals surface area contributed by atoms with Crippen molar-refractivity contribution in [3.8, 4) is 17.2 Å². The number of rotatable bonds is 8. The molecule has 1 saturated heterocycles. The molecule has 8 nitrogen and oxygen atoms in total. The van der Waals surface area contributed by atoms with Crippen LogP contribution >= 0.6 is 0 Å². The number of hydrogen-bond donors (Lipinski definition) is 4. The van der Waals surface area contributed by atoms with Gasteiger partial charge in [-0.15, -0.1) is 0 Å². The molecule has 4 N–H and O–H groups in total. The van der Waals surface area contributed by atoms with Crippen LogP contribution in [0.1, 0.15) is 29.5 Å². The number of carbonyl (C=O) groups excluding carboxylic acids is 1. The van der Waals surface area contributed by atoms with Gasteiger partial charge in [0.1, 0.15) is 5.60 Å². The monoisotopic (exact) mass is 586 g/mol. The van der Waals surface area contributed by atoms with Crippen LogP contribution in [0.15, 0.2) is 71.6 Å². The van der Waals surface area contributed by atoms with Gasteiger partial charge in [0.15, 0.2) is 0 Å². The molecule has 0 aliphatic carbocycles. The number of alkyl halides is 3. The number of anilines is 1. The van der Waals surface area contributed by atoms with Gasteiger partial charge in [-0.3, -0.25) is 4.79 Å². The molecule has 0 bridgehead atoms. The lowest BCUT2D eigenvalue weighted by Crippen LogP contribution is -2.53. The van der Waals surface area contributed by atoms with Crippen molar-refractivity contribution >= 4 is 21.6 Å². The first kappa shape index (κ1) is 30.2. The predicted octanol–water partition coefficient (Wildman–Crippen LogP) is 4.06. The minimum absolute atomic E-state index is 0.0779. The van der Waals surface area contributed by atoms with E-state index in [1.807, 2.05) is 0 Å². The van der Waals surface area contributed by atoms with Crippen LogP contribution < -0.4 is 15.4 Å². The summed E-state index contributed by atoms with van der Waals surface area (Å²) in [7, 11) is -2.36. The molecule has 41 heavy (non-hydrogen) atoms. The molecule has 3 aromatic rings. The molecule has 1 aliphatic rings. The zero-order valence-electron chi connectivity index (χ0n) is 22.1. The molecule has 216 valence electrons. The van der Waals surface area contributed by atoms with Crippen molar-refractivity contribution in [1.29, 1.82) is 5.26 Å². The Bertz CT molecular complexity index is 1580. The molecule has 0 saturated carbocycles. The molecule has 4 rings (SSSR count). The maximum Gasteiger partial charge on any atom is 0.417 e. The Morgan fingerprint density at radius 1 is 1.05 bits per heavy atom. The normalized spacial score (nSPS) is 16.0. The quantitative estimate of drug-likeness (QED) is 0.315. The van der Waals surface area contributed by atoms with Crippen molar-refractivity contribution < 1.29 is 31.5 Å². The van der Waals surface area contributed by atoms with Crippen molar-refractivity contribution in [2.45, 2.75) is 35.9 Å². The van der Waals surface area contributed by atoms with Gasteiger partial charge in [-0.05, 0) is 85.9 Å². The van der Waals surface area contributed by atoms with E-state index in [1.54, 1.807) is 36.4 Å². The summed E-state index contributed by atoms with van der Waals surface area (Å²) in [5, 5.41) is 26.6. The van der Waals surface area contributed by atoms with Gasteiger partial charge in [0.25, 0.3) is 5.91 Å². The summed E-state index contributed by atoms with van der Waals surface area (Å²) in [6, 6.07) is 17.7. The molecule has 1 unspecified atom stereocenters. The SMILES string of the molecule is CNS(=O)(=O)c1cccc(-c2cccc(CC(O)(C(=O)Nc3ccc(C#N)c(C(F)(F)F)c3)C3CCNCC3)c2)c1. The number of carbonyl (C=O) groups is 1. The average Bonchev–Trinajstić information content (AvgIpc) is 2.97. The van der Waals surface area contributed by atoms with E-state index in [1.165, 1.54) is 31.3 Å². The minimum atomic E-state index is -4.80. The topological polar surface area (TPSA) is 131 Å². The van der Waals surface area contributed by atoms with Gasteiger partial charge < -0.3 is 15.7 Å². The zero-order valence-corrected chi connectivity index (χ0v) is 22.9. The Morgan fingerprint density at radius 3 is 2.34 bits per heavy atom. The molecule has 1 amide bonds. The summed E-state index contributed by atoms with van der Waals surface area (Å²) in [6.07, 6.45) is -4.00. The number of piperidine rings is 1. The smallest absolute Gasteiger partial charge is 0.379 e. The van der Waals surface area contributed by atoms with Crippen LogP contribution in [0, 0.1) is 17.2 Å². The lowest BCUT2D eigenvalue weighted by molar-refractivity contribution is -0.141. The summed E-state index contributed by atoms with van der Waals surface area (Å²) in [4.78, 5) is 13.7. The number of hydrogen-bond acceptors (Lipinski definition) is 6. The molecule has 1 aliphatic heterocycles. The molecule has 1 heterocycles. The molecule has 0 radical (unpaired) electrons. The van der Waals surface area contributed by atoms with Gasteiger partial charge in [-0.1, -0.05) is 36.4 Å². The average molecular weight is 587 g/mol. The summed E-state index contributed by atoms with van der Waals surface area (Å²) < 4.78 is 67.3. The van der Waals surface area contributed by atoms with E-state index < -0.39 is 44.8 Å². The van der Waals surface area contributed by atoms with Gasteiger partial charge in [0, 0.05) is 12.1 Å². The lowest BCUT2D eigenvalue weighted by atomic mass is 9.76. The second kappa shape index (κ2) is 12.0. The fourth-order valence-corrected chi connectivity index (χ4v) is 5.81. The van der Waals surface area contributed by atoms with Crippen LogP contribution in [0.3, 0.4) is 0 Å². The van der Waals surface area contributed by atoms with Crippen molar-refractivity contribution in [2.24, 2.45) is 5.92 Å². The van der Waals surface area contributed by atoms with Gasteiger partial charge in [0.05, 0.1) is 22.1 Å². The van der Waals surface area contributed by atoms with Crippen LogP contribution in [-0.4, -0.2) is 45.2 Å². The van der Waals surface area contributed by atoms with E-state index in [0.29, 0.717) is 48.7 Å². The Kier molecular flexibility index (Phi) is 8.84. The van der Waals surface area contributed by atoms with E-state index in [2.05, 4.69) is 15.4 Å². The van der Waals surface area contributed by atoms with Crippen LogP contribution in [0.4, 0.5) is 18.9 Å². The third kappa shape index (κ3) is 6.77. The van der Waals surface area contributed by atoms with Crippen LogP contribution in [0.2, 0.25) is 0 Å². The number of nitrogens with one attached hydrogen (secondary N) is 3. The first-order valence-corrected chi connectivity index (χ1v) is 14.3. The minimum Gasteiger partial charge on any atom is -0.379 e. The maximum atomic E-state index is 13.6. The number of halogens is 3. The van der Waals surface area contributed by atoms with E-state index in [0.717, 1.165) is 6.07 Å². The van der Waals surface area contributed by atoms with Gasteiger partial charge >= 0.3 is 6.18 Å². The lowest BCUT2D eigenvalue weighted by Gasteiger charge is -2.37. The number of sulfonamides is 1. The Morgan fingerprint density at radius 2 is 1.71 bits per heavy atom. The van der Waals surface area contributed by atoms with Crippen molar-refractivity contribution in [1.82, 2.24) is 10.0 Å². The zero-order chi connectivity index (χ0) is 29.8. The van der Waals surface area contributed by atoms with Gasteiger partial charge in [0.2, 0.25) is 10.0 Å². The highest BCUT2D eigenvalue weighted by Gasteiger charge is 2.44. The van der Waals surface area contributed by atoms with Crippen molar-refractivity contribution in [3.63, 3.8) is 0 Å². The van der Waals surface area contributed by atoms with Crippen LogP contribution in [0.5, 0.6) is 0 Å². The molecule has 0 spiro atoms. The molecule has 1 atom stereocenters. The number of nitriles is 1. The van der Waals surface area contributed by atoms with E-state index in [-0.39, 0.29) is 17.0 Å². The fourth-order valence-electron chi connectivity index (χ4n) is 5.04. The van der Waals surface area contributed by atoms with Crippen molar-refractivity contribution in [2.75, 3.05) is 25.5 Å². The first-order valence-electron chi connectivity index (χ1n) is 12.9. The standard InChI is InChI=1S/C29H29F3N4O4S/c1-34-41(39,40)25-7-3-6-21(15-25)20-5-2-4-19(14-20)17-28(38,23-10-12-35-13-11-23)27(37)36-24-9-8-22(18-33)26(16-24)29(30,31)32/h2-9,14-16,23,34-35,38H,10-13,17H2,1H3,(H,36,37). The fraction of sp³-hybridized carbons (Fsp3) is 0.310. The third-order valence-corrected chi connectivity index (χ3v) is 8.67. The molecular formula is C29H29F3N4O4S. The summed E-state index contributed by atoms with van der Waals surface area (Å²) in [5.41, 5.74) is -2.07. The number of amides is 1. The molecular weight excluding hydrogens is 557 g/mol. The van der Waals surface area contributed by atoms with E-state index >= 15 is 0 Å². The van der Waals surface area contributed by atoms with Gasteiger partial charge in [-0.25, -0.2) is 13.1 Å². The second-order valence-electron chi connectivity index (χ2n) is 9.89. The molecule has 0 aromatic heterocycles. The highest BCUT2D eigenvalue weighted by Crippen LogP contribution is 2.36. The number of benzene rings is 3. The third-order valence-electron chi connectivity index (χ3n) is 7.26. The summed E-state index contributed by atoms with van der Waals surface area (Å²) in [5.74, 6) is -1.34. The van der Waals surface area contributed by atoms with E-state index in [4.69, 9.17) is 5.26 Å². The molecule has 12 heteroatoms. The molecule has 3 aromatic carbocycles. The maximum absolute atomic E-state index is 13.6. The Labute approximate surface area is 236 Å². The highest BCUT2D eigenvalue weighted by molar-refractivity contribution is 7.89. The highest BCUT2D eigenvalue weighted by atomic mass is 32.2. The predicted molar refractivity (Wildman–Crippen MR) is 147 cm³/mol. The first-order chi connectivity index (χ1) is 19.4. The Balaban J connectivity index is 1.67. The Hall–Kier alpha value is -3.76. The number of aliphatic hydroxyl groups is 1. The van der Waals surface area contributed by atoms with Crippen LogP contribution in [0.25, 0.3) is 11.1 Å². The summed E-state index contributed by atoms with van der Waals surface area (Å²) in [6.45, 7) is 1.12. The largest absolute Gasteiger partial charge is 0.417 e. The second-order valence-corrected chi connectivity index (χ2v) is 11.8. The van der Waals surface area contributed by atoms with Gasteiger partial charge in [-0.2, -0.15) is 18.4 Å². The van der Waals surface area contributed by atoms with E-state index in [9.17, 15) is 31.5 Å². The van der Waals surface area contributed by atoms with Crippen molar-refractivity contribution in [3.05, 3.63) is 83.4 Å².